The van der Waals surface area contributed by atoms with E-state index in [4.69, 9.17) is 0 Å². The van der Waals surface area contributed by atoms with Crippen LogP contribution in [0.3, 0.4) is 0 Å². The average molecular weight is 330 g/mol. The number of aromatic nitrogens is 3. The predicted octanol–water partition coefficient (Wildman–Crippen LogP) is -0.879. The normalized spacial score (nSPS) is 23.5. The maximum atomic E-state index is 12.5. The Bertz CT molecular complexity index is 871. The van der Waals surface area contributed by atoms with Crippen molar-refractivity contribution in [1.82, 2.24) is 29.3 Å². The molecule has 2 fully saturated rings. The Balaban J connectivity index is 1.49. The fourth-order valence-electron chi connectivity index (χ4n) is 3.48. The first-order chi connectivity index (χ1) is 11.5. The number of likely N-dealkylation sites (tertiary alicyclic amines) is 1. The minimum Gasteiger partial charge on any atom is -0.339 e. The van der Waals surface area contributed by atoms with Crippen LogP contribution in [0.5, 0.6) is 0 Å². The van der Waals surface area contributed by atoms with Gasteiger partial charge in [-0.2, -0.15) is 0 Å². The van der Waals surface area contributed by atoms with Gasteiger partial charge in [0.05, 0.1) is 12.1 Å². The predicted molar refractivity (Wildman–Crippen MR) is 84.5 cm³/mol. The number of rotatable bonds is 2. The highest BCUT2D eigenvalue weighted by Crippen LogP contribution is 2.21. The Morgan fingerprint density at radius 2 is 2.21 bits per heavy atom. The van der Waals surface area contributed by atoms with E-state index in [0.717, 1.165) is 6.42 Å². The Hall–Kier alpha value is -2.84. The number of nitrogens with zero attached hydrogens (tertiary/aromatic N) is 5. The van der Waals surface area contributed by atoms with Gasteiger partial charge in [0, 0.05) is 26.3 Å². The summed E-state index contributed by atoms with van der Waals surface area (Å²) in [6.45, 7) is 0.935. The summed E-state index contributed by atoms with van der Waals surface area (Å²) in [7, 11) is 1.77. The van der Waals surface area contributed by atoms with Gasteiger partial charge in [0.25, 0.3) is 0 Å². The van der Waals surface area contributed by atoms with Gasteiger partial charge in [0.2, 0.25) is 5.91 Å². The third-order valence-corrected chi connectivity index (χ3v) is 4.83. The summed E-state index contributed by atoms with van der Waals surface area (Å²) in [6, 6.07) is 5.22. The van der Waals surface area contributed by atoms with Gasteiger partial charge in [-0.1, -0.05) is 6.07 Å². The summed E-state index contributed by atoms with van der Waals surface area (Å²) in [5.41, 5.74) is 0.182. The largest absolute Gasteiger partial charge is 0.350 e. The number of amides is 3. The van der Waals surface area contributed by atoms with Crippen LogP contribution in [0.2, 0.25) is 0 Å². The Labute approximate surface area is 137 Å². The van der Waals surface area contributed by atoms with Gasteiger partial charge >= 0.3 is 11.7 Å². The van der Waals surface area contributed by atoms with Gasteiger partial charge in [0.15, 0.2) is 5.65 Å². The fourth-order valence-corrected chi connectivity index (χ4v) is 3.48. The zero-order valence-corrected chi connectivity index (χ0v) is 13.3. The summed E-state index contributed by atoms with van der Waals surface area (Å²) in [5.74, 6) is -0.164. The highest BCUT2D eigenvalue weighted by molar-refractivity contribution is 5.79. The molecule has 4 rings (SSSR count). The van der Waals surface area contributed by atoms with Gasteiger partial charge in [-0.15, -0.1) is 5.10 Å². The molecule has 0 bridgehead atoms. The van der Waals surface area contributed by atoms with Gasteiger partial charge in [-0.05, 0) is 18.6 Å². The molecule has 0 saturated carbocycles. The van der Waals surface area contributed by atoms with Crippen LogP contribution in [0, 0.1) is 0 Å². The molecule has 2 aliphatic heterocycles. The zero-order chi connectivity index (χ0) is 16.8. The molecule has 0 aliphatic carbocycles. The summed E-state index contributed by atoms with van der Waals surface area (Å²) in [4.78, 5) is 39.9. The molecular weight excluding hydrogens is 312 g/mol. The number of urea groups is 1. The second kappa shape index (κ2) is 5.36. The van der Waals surface area contributed by atoms with Crippen LogP contribution in [-0.4, -0.2) is 68.1 Å². The number of hydrogen-bond acceptors (Lipinski definition) is 4. The van der Waals surface area contributed by atoms with Gasteiger partial charge < -0.3 is 15.1 Å². The van der Waals surface area contributed by atoms with Crippen molar-refractivity contribution in [3.05, 3.63) is 34.9 Å². The van der Waals surface area contributed by atoms with Crippen molar-refractivity contribution in [3.63, 3.8) is 0 Å². The van der Waals surface area contributed by atoms with Crippen molar-refractivity contribution >= 4 is 17.6 Å². The molecule has 3 amide bonds. The summed E-state index contributed by atoms with van der Waals surface area (Å²) in [5, 5.41) is 7.07. The van der Waals surface area contributed by atoms with Crippen LogP contribution in [0.15, 0.2) is 29.2 Å². The van der Waals surface area contributed by atoms with Gasteiger partial charge in [-0.3, -0.25) is 9.20 Å². The molecule has 0 unspecified atom stereocenters. The average Bonchev–Trinajstić information content (AvgIpc) is 3.05. The highest BCUT2D eigenvalue weighted by Gasteiger charge is 2.41. The summed E-state index contributed by atoms with van der Waals surface area (Å²) in [6.07, 6.45) is 2.35. The minimum absolute atomic E-state index is 0.0574. The zero-order valence-electron chi connectivity index (χ0n) is 13.3. The minimum atomic E-state index is -0.331. The SMILES string of the molecule is CN1C(=O)N[C@@H]2CN(C(=O)Cn3nc4ccccn4c3=O)CC[C@@H]21. The number of carbonyl (C=O) groups excluding carboxylic acids is 2. The van der Waals surface area contributed by atoms with E-state index < -0.39 is 0 Å². The number of likely N-dealkylation sites (N-methyl/N-ethyl adjacent to an activating group) is 1. The molecule has 9 heteroatoms. The number of nitrogens with one attached hydrogen (secondary N) is 1. The number of piperidine rings is 1. The van der Waals surface area contributed by atoms with Crippen molar-refractivity contribution < 1.29 is 9.59 Å². The van der Waals surface area contributed by atoms with Crippen molar-refractivity contribution in [1.29, 1.82) is 0 Å². The van der Waals surface area contributed by atoms with Crippen molar-refractivity contribution in [2.24, 2.45) is 0 Å². The second-order valence-electron chi connectivity index (χ2n) is 6.23. The lowest BCUT2D eigenvalue weighted by atomic mass is 10.0. The van der Waals surface area contributed by atoms with E-state index in [1.54, 1.807) is 41.2 Å². The Kier molecular flexibility index (Phi) is 3.29. The highest BCUT2D eigenvalue weighted by atomic mass is 16.2. The smallest absolute Gasteiger partial charge is 0.339 e. The molecule has 24 heavy (non-hydrogen) atoms. The number of fused-ring (bicyclic) bond motifs is 2. The van der Waals surface area contributed by atoms with E-state index in [0.29, 0.717) is 18.7 Å². The van der Waals surface area contributed by atoms with Gasteiger partial charge in [-0.25, -0.2) is 14.3 Å². The molecule has 1 N–H and O–H groups in total. The molecule has 0 radical (unpaired) electrons. The van der Waals surface area contributed by atoms with E-state index in [1.807, 2.05) is 0 Å². The molecule has 9 nitrogen and oxygen atoms in total. The molecule has 4 heterocycles. The lowest BCUT2D eigenvalue weighted by Gasteiger charge is -2.35. The second-order valence-corrected chi connectivity index (χ2v) is 6.23. The molecule has 2 aromatic heterocycles. The Morgan fingerprint density at radius 1 is 1.38 bits per heavy atom. The van der Waals surface area contributed by atoms with Crippen molar-refractivity contribution in [3.8, 4) is 0 Å². The van der Waals surface area contributed by atoms with Crippen LogP contribution in [-0.2, 0) is 11.3 Å². The summed E-state index contributed by atoms with van der Waals surface area (Å²) >= 11 is 0. The van der Waals surface area contributed by atoms with E-state index in [-0.39, 0.29) is 36.3 Å². The fraction of sp³-hybridized carbons (Fsp3) is 0.467. The quantitative estimate of drug-likeness (QED) is 0.774. The molecule has 2 saturated heterocycles. The molecule has 0 spiro atoms. The third-order valence-electron chi connectivity index (χ3n) is 4.83. The number of hydrogen-bond donors (Lipinski definition) is 1. The maximum absolute atomic E-state index is 12.5. The molecule has 2 aromatic rings. The van der Waals surface area contributed by atoms with E-state index in [2.05, 4.69) is 10.4 Å². The van der Waals surface area contributed by atoms with Crippen molar-refractivity contribution in [2.45, 2.75) is 25.0 Å². The first kappa shape index (κ1) is 14.7. The Morgan fingerprint density at radius 3 is 3.00 bits per heavy atom. The molecule has 2 aliphatic rings. The van der Waals surface area contributed by atoms with Crippen LogP contribution in [0.25, 0.3) is 5.65 Å². The maximum Gasteiger partial charge on any atom is 0.350 e. The first-order valence-electron chi connectivity index (χ1n) is 7.90. The molecule has 0 aromatic carbocycles. The van der Waals surface area contributed by atoms with E-state index in [1.165, 1.54) is 9.08 Å². The lowest BCUT2D eigenvalue weighted by Crippen LogP contribution is -2.53. The van der Waals surface area contributed by atoms with Crippen LogP contribution < -0.4 is 11.0 Å². The topological polar surface area (TPSA) is 91.9 Å². The van der Waals surface area contributed by atoms with E-state index >= 15 is 0 Å². The molecule has 2 atom stereocenters. The summed E-state index contributed by atoms with van der Waals surface area (Å²) < 4.78 is 2.59. The monoisotopic (exact) mass is 330 g/mol. The van der Waals surface area contributed by atoms with Crippen LogP contribution in [0.4, 0.5) is 4.79 Å². The van der Waals surface area contributed by atoms with E-state index in [9.17, 15) is 14.4 Å². The molecular formula is C15H18N6O3. The standard InChI is InChI=1S/C15H18N6O3/c1-18-11-5-7-19(8-10(11)16-14(18)23)13(22)9-21-15(24)20-6-3-2-4-12(20)17-21/h2-4,6,10-11H,5,7-9H2,1H3,(H,16,23)/t10-,11+/m1/s1. The molecule has 126 valence electrons. The lowest BCUT2D eigenvalue weighted by molar-refractivity contribution is -0.133. The van der Waals surface area contributed by atoms with Gasteiger partial charge in [0.1, 0.15) is 6.54 Å². The van der Waals surface area contributed by atoms with Crippen LogP contribution >= 0.6 is 0 Å². The number of pyridine rings is 1. The number of carbonyl (C=O) groups is 2. The first-order valence-corrected chi connectivity index (χ1v) is 7.90. The van der Waals surface area contributed by atoms with Crippen molar-refractivity contribution in [2.75, 3.05) is 20.1 Å². The van der Waals surface area contributed by atoms with Crippen LogP contribution in [0.1, 0.15) is 6.42 Å². The third kappa shape index (κ3) is 2.24.